The standard InChI is InChI=1S/C17H22N4OS/c1-13-16(23-12-19-13)17(22)21-8-4-7-20(9-10-21)14(2)15-5-3-6-18-11-15/h3,5-6,11-12,14H,4,7-10H2,1-2H3/t14-/m1/s1. The lowest BCUT2D eigenvalue weighted by atomic mass is 10.1. The maximum Gasteiger partial charge on any atom is 0.265 e. The Labute approximate surface area is 141 Å². The molecule has 0 unspecified atom stereocenters. The van der Waals surface area contributed by atoms with Crippen LogP contribution in [0, 0.1) is 6.92 Å². The van der Waals surface area contributed by atoms with Gasteiger partial charge in [0.05, 0.1) is 11.2 Å². The summed E-state index contributed by atoms with van der Waals surface area (Å²) in [6.07, 6.45) is 4.73. The Hall–Kier alpha value is -1.79. The number of carbonyl (C=O) groups is 1. The number of aromatic nitrogens is 2. The molecule has 1 aliphatic heterocycles. The third-order valence-corrected chi connectivity index (χ3v) is 5.39. The molecule has 0 radical (unpaired) electrons. The van der Waals surface area contributed by atoms with E-state index in [-0.39, 0.29) is 5.91 Å². The fraction of sp³-hybridized carbons (Fsp3) is 0.471. The van der Waals surface area contributed by atoms with Crippen molar-refractivity contribution in [1.82, 2.24) is 19.8 Å². The normalized spacial score (nSPS) is 17.7. The Morgan fingerprint density at radius 3 is 2.87 bits per heavy atom. The first kappa shape index (κ1) is 16.1. The zero-order chi connectivity index (χ0) is 16.2. The summed E-state index contributed by atoms with van der Waals surface area (Å²) in [5, 5.41) is 0. The number of carbonyl (C=O) groups excluding carboxylic acids is 1. The molecule has 5 nitrogen and oxygen atoms in total. The van der Waals surface area contributed by atoms with Crippen LogP contribution in [0.4, 0.5) is 0 Å². The first-order valence-electron chi connectivity index (χ1n) is 8.00. The number of aryl methyl sites for hydroxylation is 1. The highest BCUT2D eigenvalue weighted by Crippen LogP contribution is 2.22. The number of hydrogen-bond acceptors (Lipinski definition) is 5. The lowest BCUT2D eigenvalue weighted by Crippen LogP contribution is -2.35. The van der Waals surface area contributed by atoms with E-state index in [1.54, 1.807) is 11.7 Å². The minimum atomic E-state index is 0.126. The average molecular weight is 330 g/mol. The second-order valence-corrected chi connectivity index (χ2v) is 6.77. The molecule has 23 heavy (non-hydrogen) atoms. The van der Waals surface area contributed by atoms with E-state index in [0.29, 0.717) is 6.04 Å². The van der Waals surface area contributed by atoms with Gasteiger partial charge in [-0.15, -0.1) is 11.3 Å². The van der Waals surface area contributed by atoms with Gasteiger partial charge in [-0.2, -0.15) is 0 Å². The Morgan fingerprint density at radius 1 is 1.30 bits per heavy atom. The fourth-order valence-electron chi connectivity index (χ4n) is 3.01. The van der Waals surface area contributed by atoms with Crippen molar-refractivity contribution in [2.45, 2.75) is 26.3 Å². The quantitative estimate of drug-likeness (QED) is 0.868. The Balaban J connectivity index is 1.65. The molecule has 2 aromatic rings. The minimum absolute atomic E-state index is 0.126. The van der Waals surface area contributed by atoms with Gasteiger partial charge in [-0.1, -0.05) is 6.07 Å². The van der Waals surface area contributed by atoms with Gasteiger partial charge in [0, 0.05) is 44.6 Å². The second-order valence-electron chi connectivity index (χ2n) is 5.91. The van der Waals surface area contributed by atoms with Gasteiger partial charge in [0.1, 0.15) is 4.88 Å². The molecule has 0 saturated carbocycles. The van der Waals surface area contributed by atoms with Crippen molar-refractivity contribution in [3.63, 3.8) is 0 Å². The monoisotopic (exact) mass is 330 g/mol. The van der Waals surface area contributed by atoms with E-state index in [2.05, 4.69) is 27.9 Å². The van der Waals surface area contributed by atoms with Gasteiger partial charge in [0.25, 0.3) is 5.91 Å². The summed E-state index contributed by atoms with van der Waals surface area (Å²) in [6, 6.07) is 4.42. The molecule has 6 heteroatoms. The molecule has 3 heterocycles. The fourth-order valence-corrected chi connectivity index (χ4v) is 3.78. The van der Waals surface area contributed by atoms with Crippen molar-refractivity contribution < 1.29 is 4.79 Å². The molecule has 1 atom stereocenters. The van der Waals surface area contributed by atoms with Crippen LogP contribution >= 0.6 is 11.3 Å². The van der Waals surface area contributed by atoms with Crippen molar-refractivity contribution in [3.05, 3.63) is 46.2 Å². The largest absolute Gasteiger partial charge is 0.337 e. The summed E-state index contributed by atoms with van der Waals surface area (Å²) in [6.45, 7) is 7.58. The summed E-state index contributed by atoms with van der Waals surface area (Å²) in [5.74, 6) is 0.126. The van der Waals surface area contributed by atoms with Crippen LogP contribution in [0.2, 0.25) is 0 Å². The molecule has 0 N–H and O–H groups in total. The number of amides is 1. The molecular weight excluding hydrogens is 308 g/mol. The van der Waals surface area contributed by atoms with Crippen molar-refractivity contribution in [1.29, 1.82) is 0 Å². The van der Waals surface area contributed by atoms with Gasteiger partial charge in [-0.25, -0.2) is 4.98 Å². The van der Waals surface area contributed by atoms with Crippen LogP contribution in [0.15, 0.2) is 30.0 Å². The summed E-state index contributed by atoms with van der Waals surface area (Å²) < 4.78 is 0. The zero-order valence-corrected chi connectivity index (χ0v) is 14.4. The maximum atomic E-state index is 12.6. The lowest BCUT2D eigenvalue weighted by Gasteiger charge is -2.27. The maximum absolute atomic E-state index is 12.6. The van der Waals surface area contributed by atoms with Crippen molar-refractivity contribution in [3.8, 4) is 0 Å². The first-order chi connectivity index (χ1) is 11.2. The van der Waals surface area contributed by atoms with E-state index in [4.69, 9.17) is 0 Å². The SMILES string of the molecule is Cc1ncsc1C(=O)N1CCCN([C@H](C)c2cccnc2)CC1. The smallest absolute Gasteiger partial charge is 0.265 e. The Kier molecular flexibility index (Phi) is 5.03. The van der Waals surface area contributed by atoms with E-state index in [1.807, 2.05) is 24.1 Å². The Morgan fingerprint density at radius 2 is 2.17 bits per heavy atom. The highest BCUT2D eigenvalue weighted by molar-refractivity contribution is 7.11. The molecule has 1 fully saturated rings. The molecule has 1 amide bonds. The number of thiazole rings is 1. The summed E-state index contributed by atoms with van der Waals surface area (Å²) in [7, 11) is 0. The summed E-state index contributed by atoms with van der Waals surface area (Å²) >= 11 is 1.44. The Bertz CT molecular complexity index is 658. The lowest BCUT2D eigenvalue weighted by molar-refractivity contribution is 0.0762. The molecule has 0 aromatic carbocycles. The number of pyridine rings is 1. The predicted molar refractivity (Wildman–Crippen MR) is 91.6 cm³/mol. The highest BCUT2D eigenvalue weighted by atomic mass is 32.1. The molecule has 3 rings (SSSR count). The number of hydrogen-bond donors (Lipinski definition) is 0. The molecule has 2 aromatic heterocycles. The van der Waals surface area contributed by atoms with Gasteiger partial charge in [-0.3, -0.25) is 14.7 Å². The van der Waals surface area contributed by atoms with Crippen LogP contribution in [0.5, 0.6) is 0 Å². The third-order valence-electron chi connectivity index (χ3n) is 4.47. The van der Waals surface area contributed by atoms with E-state index in [9.17, 15) is 4.79 Å². The molecule has 0 spiro atoms. The summed E-state index contributed by atoms with van der Waals surface area (Å²) in [4.78, 5) is 26.2. The van der Waals surface area contributed by atoms with Crippen molar-refractivity contribution in [2.24, 2.45) is 0 Å². The van der Waals surface area contributed by atoms with E-state index in [1.165, 1.54) is 16.9 Å². The van der Waals surface area contributed by atoms with Crippen LogP contribution < -0.4 is 0 Å². The number of nitrogens with zero attached hydrogens (tertiary/aromatic N) is 4. The van der Waals surface area contributed by atoms with Gasteiger partial charge >= 0.3 is 0 Å². The molecule has 1 saturated heterocycles. The minimum Gasteiger partial charge on any atom is -0.337 e. The van der Waals surface area contributed by atoms with Gasteiger partial charge < -0.3 is 4.90 Å². The molecular formula is C17H22N4OS. The topological polar surface area (TPSA) is 49.3 Å². The van der Waals surface area contributed by atoms with Gasteiger partial charge in [0.2, 0.25) is 0 Å². The first-order valence-corrected chi connectivity index (χ1v) is 8.88. The highest BCUT2D eigenvalue weighted by Gasteiger charge is 2.25. The predicted octanol–water partition coefficient (Wildman–Crippen LogP) is 2.76. The molecule has 0 aliphatic carbocycles. The average Bonchev–Trinajstić information content (AvgIpc) is 2.86. The molecule has 0 bridgehead atoms. The van der Waals surface area contributed by atoms with Crippen LogP contribution in [0.25, 0.3) is 0 Å². The van der Waals surface area contributed by atoms with E-state index < -0.39 is 0 Å². The molecule has 122 valence electrons. The van der Waals surface area contributed by atoms with Crippen LogP contribution in [0.3, 0.4) is 0 Å². The van der Waals surface area contributed by atoms with Crippen molar-refractivity contribution >= 4 is 17.2 Å². The number of rotatable bonds is 3. The summed E-state index contributed by atoms with van der Waals surface area (Å²) in [5.41, 5.74) is 3.81. The van der Waals surface area contributed by atoms with Crippen LogP contribution in [-0.2, 0) is 0 Å². The van der Waals surface area contributed by atoms with E-state index in [0.717, 1.165) is 43.2 Å². The van der Waals surface area contributed by atoms with Gasteiger partial charge in [-0.05, 0) is 31.9 Å². The van der Waals surface area contributed by atoms with Crippen molar-refractivity contribution in [2.75, 3.05) is 26.2 Å². The van der Waals surface area contributed by atoms with Crippen LogP contribution in [0.1, 0.15) is 40.3 Å². The third kappa shape index (κ3) is 3.59. The zero-order valence-electron chi connectivity index (χ0n) is 13.6. The second kappa shape index (κ2) is 7.19. The molecule has 1 aliphatic rings. The van der Waals surface area contributed by atoms with Crippen LogP contribution in [-0.4, -0.2) is 51.9 Å². The van der Waals surface area contributed by atoms with E-state index >= 15 is 0 Å². The van der Waals surface area contributed by atoms with Gasteiger partial charge in [0.15, 0.2) is 0 Å².